The van der Waals surface area contributed by atoms with E-state index in [9.17, 15) is 0 Å². The quantitative estimate of drug-likeness (QED) is 0.754. The molecule has 90 valence electrons. The van der Waals surface area contributed by atoms with E-state index in [1.54, 1.807) is 11.3 Å². The molecule has 0 atom stereocenters. The van der Waals surface area contributed by atoms with Crippen LogP contribution in [0.5, 0.6) is 5.75 Å². The second kappa shape index (κ2) is 4.92. The number of aryl methyl sites for hydroxylation is 2. The van der Waals surface area contributed by atoms with Gasteiger partial charge >= 0.3 is 0 Å². The van der Waals surface area contributed by atoms with Gasteiger partial charge in [0.25, 0.3) is 0 Å². The first kappa shape index (κ1) is 12.2. The van der Waals surface area contributed by atoms with E-state index in [0.29, 0.717) is 0 Å². The van der Waals surface area contributed by atoms with Crippen molar-refractivity contribution in [3.63, 3.8) is 0 Å². The summed E-state index contributed by atoms with van der Waals surface area (Å²) in [4.78, 5) is 0. The molecule has 0 aliphatic carbocycles. The second-order valence-corrected chi connectivity index (χ2v) is 5.40. The molecule has 0 saturated carbocycles. The molecule has 0 amide bonds. The Morgan fingerprint density at radius 3 is 2.18 bits per heavy atom. The van der Waals surface area contributed by atoms with Crippen molar-refractivity contribution < 1.29 is 4.74 Å². The number of benzene rings is 1. The molecule has 2 heteroatoms. The summed E-state index contributed by atoms with van der Waals surface area (Å²) in [5, 5.41) is 4.29. The zero-order valence-corrected chi connectivity index (χ0v) is 11.6. The van der Waals surface area contributed by atoms with Crippen LogP contribution in [0.25, 0.3) is 11.1 Å². The summed E-state index contributed by atoms with van der Waals surface area (Å²) in [5.74, 6) is 1.03. The first-order chi connectivity index (χ1) is 8.08. The highest BCUT2D eigenvalue weighted by Crippen LogP contribution is 2.31. The molecule has 0 radical (unpaired) electrons. The fourth-order valence-electron chi connectivity index (χ4n) is 1.97. The maximum Gasteiger partial charge on any atom is 0.125 e. The Balaban J connectivity index is 2.42. The smallest absolute Gasteiger partial charge is 0.125 e. The minimum atomic E-state index is 0.222. The van der Waals surface area contributed by atoms with Gasteiger partial charge in [-0.25, -0.2) is 0 Å². The molecular weight excluding hydrogens is 228 g/mol. The molecule has 2 rings (SSSR count). The van der Waals surface area contributed by atoms with E-state index in [4.69, 9.17) is 4.74 Å². The predicted octanol–water partition coefficient (Wildman–Crippen LogP) is 4.82. The molecule has 0 saturated heterocycles. The first-order valence-electron chi connectivity index (χ1n) is 5.88. The third-order valence-corrected chi connectivity index (χ3v) is 3.35. The van der Waals surface area contributed by atoms with Crippen LogP contribution in [-0.4, -0.2) is 6.10 Å². The minimum Gasteiger partial charge on any atom is -0.490 e. The van der Waals surface area contributed by atoms with Gasteiger partial charge in [-0.1, -0.05) is 0 Å². The molecule has 0 aliphatic heterocycles. The number of thiophene rings is 1. The van der Waals surface area contributed by atoms with Crippen LogP contribution in [0.4, 0.5) is 0 Å². The topological polar surface area (TPSA) is 9.23 Å². The lowest BCUT2D eigenvalue weighted by molar-refractivity contribution is 0.239. The average Bonchev–Trinajstić information content (AvgIpc) is 2.76. The average molecular weight is 246 g/mol. The third kappa shape index (κ3) is 2.70. The van der Waals surface area contributed by atoms with Crippen molar-refractivity contribution in [1.29, 1.82) is 0 Å². The Bertz CT molecular complexity index is 475. The van der Waals surface area contributed by atoms with Gasteiger partial charge < -0.3 is 4.74 Å². The summed E-state index contributed by atoms with van der Waals surface area (Å²) in [6, 6.07) is 6.56. The Hall–Kier alpha value is -1.28. The molecule has 1 aromatic heterocycles. The highest BCUT2D eigenvalue weighted by atomic mass is 32.1. The van der Waals surface area contributed by atoms with Crippen molar-refractivity contribution in [2.24, 2.45) is 0 Å². The number of hydrogen-bond acceptors (Lipinski definition) is 2. The molecule has 1 heterocycles. The van der Waals surface area contributed by atoms with E-state index >= 15 is 0 Å². The van der Waals surface area contributed by atoms with Crippen LogP contribution in [0.15, 0.2) is 29.0 Å². The Labute approximate surface area is 107 Å². The monoisotopic (exact) mass is 246 g/mol. The Morgan fingerprint density at radius 2 is 1.71 bits per heavy atom. The van der Waals surface area contributed by atoms with E-state index in [2.05, 4.69) is 56.7 Å². The van der Waals surface area contributed by atoms with Crippen LogP contribution in [-0.2, 0) is 0 Å². The van der Waals surface area contributed by atoms with Crippen LogP contribution in [0.2, 0.25) is 0 Å². The summed E-state index contributed by atoms with van der Waals surface area (Å²) < 4.78 is 5.85. The molecule has 1 nitrogen and oxygen atoms in total. The van der Waals surface area contributed by atoms with Crippen molar-refractivity contribution in [2.75, 3.05) is 0 Å². The second-order valence-electron chi connectivity index (χ2n) is 4.62. The van der Waals surface area contributed by atoms with Crippen molar-refractivity contribution in [3.05, 3.63) is 40.1 Å². The summed E-state index contributed by atoms with van der Waals surface area (Å²) >= 11 is 1.73. The van der Waals surface area contributed by atoms with E-state index in [0.717, 1.165) is 5.75 Å². The lowest BCUT2D eigenvalue weighted by Crippen LogP contribution is -2.08. The van der Waals surface area contributed by atoms with Crippen molar-refractivity contribution in [3.8, 4) is 16.9 Å². The standard InChI is InChI=1S/C15H18OS/c1-10(2)16-15-11(3)7-14(8-12(15)4)13-5-6-17-9-13/h5-10H,1-4H3. The van der Waals surface area contributed by atoms with Crippen molar-refractivity contribution >= 4 is 11.3 Å². The zero-order chi connectivity index (χ0) is 12.4. The molecule has 1 aromatic carbocycles. The summed E-state index contributed by atoms with van der Waals surface area (Å²) in [6.07, 6.45) is 0.222. The molecule has 0 aliphatic rings. The Morgan fingerprint density at radius 1 is 1.06 bits per heavy atom. The van der Waals surface area contributed by atoms with Gasteiger partial charge in [-0.15, -0.1) is 0 Å². The largest absolute Gasteiger partial charge is 0.490 e. The third-order valence-electron chi connectivity index (χ3n) is 2.67. The van der Waals surface area contributed by atoms with Gasteiger partial charge in [0, 0.05) is 0 Å². The lowest BCUT2D eigenvalue weighted by Gasteiger charge is -2.16. The molecule has 0 unspecified atom stereocenters. The van der Waals surface area contributed by atoms with E-state index in [1.165, 1.54) is 22.3 Å². The van der Waals surface area contributed by atoms with Crippen LogP contribution >= 0.6 is 11.3 Å². The fourth-order valence-corrected chi connectivity index (χ4v) is 2.63. The van der Waals surface area contributed by atoms with Crippen LogP contribution < -0.4 is 4.74 Å². The van der Waals surface area contributed by atoms with E-state index in [1.807, 2.05) is 0 Å². The summed E-state index contributed by atoms with van der Waals surface area (Å²) in [7, 11) is 0. The number of ether oxygens (including phenoxy) is 1. The van der Waals surface area contributed by atoms with Crippen molar-refractivity contribution in [1.82, 2.24) is 0 Å². The van der Waals surface area contributed by atoms with Gasteiger partial charge in [-0.3, -0.25) is 0 Å². The van der Waals surface area contributed by atoms with Crippen LogP contribution in [0.1, 0.15) is 25.0 Å². The van der Waals surface area contributed by atoms with E-state index < -0.39 is 0 Å². The maximum absolute atomic E-state index is 5.85. The first-order valence-corrected chi connectivity index (χ1v) is 6.82. The molecule has 0 N–H and O–H groups in total. The number of rotatable bonds is 3. The summed E-state index contributed by atoms with van der Waals surface area (Å²) in [5.41, 5.74) is 4.98. The van der Waals surface area contributed by atoms with Crippen molar-refractivity contribution in [2.45, 2.75) is 33.8 Å². The zero-order valence-electron chi connectivity index (χ0n) is 10.8. The van der Waals surface area contributed by atoms with Gasteiger partial charge in [0.15, 0.2) is 0 Å². The van der Waals surface area contributed by atoms with Crippen LogP contribution in [0.3, 0.4) is 0 Å². The molecular formula is C15H18OS. The molecule has 2 aromatic rings. The molecule has 0 fully saturated rings. The van der Waals surface area contributed by atoms with Gasteiger partial charge in [0.05, 0.1) is 6.10 Å². The van der Waals surface area contributed by atoms with Gasteiger partial charge in [0.1, 0.15) is 5.75 Å². The minimum absolute atomic E-state index is 0.222. The van der Waals surface area contributed by atoms with Gasteiger partial charge in [0.2, 0.25) is 0 Å². The maximum atomic E-state index is 5.85. The summed E-state index contributed by atoms with van der Waals surface area (Å²) in [6.45, 7) is 8.35. The fraction of sp³-hybridized carbons (Fsp3) is 0.333. The SMILES string of the molecule is Cc1cc(-c2ccsc2)cc(C)c1OC(C)C. The Kier molecular flexibility index (Phi) is 3.53. The molecule has 0 bridgehead atoms. The van der Waals surface area contributed by atoms with Gasteiger partial charge in [-0.2, -0.15) is 11.3 Å². The van der Waals surface area contributed by atoms with Crippen LogP contribution in [0, 0.1) is 13.8 Å². The molecule has 0 spiro atoms. The molecule has 17 heavy (non-hydrogen) atoms. The predicted molar refractivity (Wildman–Crippen MR) is 75.0 cm³/mol. The lowest BCUT2D eigenvalue weighted by atomic mass is 10.0. The van der Waals surface area contributed by atoms with E-state index in [-0.39, 0.29) is 6.10 Å². The number of hydrogen-bond donors (Lipinski definition) is 0. The normalized spacial score (nSPS) is 10.9. The highest BCUT2D eigenvalue weighted by Gasteiger charge is 2.09. The highest BCUT2D eigenvalue weighted by molar-refractivity contribution is 7.08. The van der Waals surface area contributed by atoms with Gasteiger partial charge in [-0.05, 0) is 78.9 Å².